The van der Waals surface area contributed by atoms with Crippen molar-refractivity contribution >= 4 is 34.6 Å². The predicted octanol–water partition coefficient (Wildman–Crippen LogP) is 2.82. The minimum Gasteiger partial charge on any atom is -0.497 e. The summed E-state index contributed by atoms with van der Waals surface area (Å²) in [6, 6.07) is 10.5. The Morgan fingerprint density at radius 2 is 1.84 bits per heavy atom. The van der Waals surface area contributed by atoms with Gasteiger partial charge >= 0.3 is 0 Å². The lowest BCUT2D eigenvalue weighted by molar-refractivity contribution is -0.133. The summed E-state index contributed by atoms with van der Waals surface area (Å²) in [5, 5.41) is 4.54. The van der Waals surface area contributed by atoms with Crippen molar-refractivity contribution < 1.29 is 19.1 Å². The number of methoxy groups -OCH3 is 1. The first-order chi connectivity index (χ1) is 12.0. The maximum Gasteiger partial charge on any atom is 0.243 e. The number of ketones is 1. The van der Waals surface area contributed by atoms with Crippen LogP contribution in [0.1, 0.15) is 22.5 Å². The third-order valence-corrected chi connectivity index (χ3v) is 4.45. The molecule has 0 fully saturated rings. The Morgan fingerprint density at radius 1 is 1.12 bits per heavy atom. The monoisotopic (exact) mass is 360 g/mol. The maximum atomic E-state index is 12.1. The quantitative estimate of drug-likeness (QED) is 0.735. The average Bonchev–Trinajstić information content (AvgIpc) is 3.14. The summed E-state index contributed by atoms with van der Waals surface area (Å²) in [5.41, 5.74) is 0.625. The zero-order chi connectivity index (χ0) is 18.2. The van der Waals surface area contributed by atoms with Gasteiger partial charge in [0, 0.05) is 25.6 Å². The molecule has 7 heteroatoms. The minimum atomic E-state index is -0.300. The molecule has 0 aliphatic rings. The molecule has 0 aliphatic heterocycles. The topological polar surface area (TPSA) is 75.7 Å². The van der Waals surface area contributed by atoms with Gasteiger partial charge < -0.3 is 15.0 Å². The van der Waals surface area contributed by atoms with E-state index in [0.717, 1.165) is 0 Å². The number of nitrogens with zero attached hydrogens (tertiary/aromatic N) is 1. The molecule has 0 atom stereocenters. The molecule has 6 nitrogen and oxygen atoms in total. The number of carbonyl (C=O) groups excluding carboxylic acids is 3. The molecule has 25 heavy (non-hydrogen) atoms. The molecule has 1 N–H and O–H groups in total. The second kappa shape index (κ2) is 8.98. The van der Waals surface area contributed by atoms with Gasteiger partial charge in [-0.1, -0.05) is 6.07 Å². The van der Waals surface area contributed by atoms with Crippen molar-refractivity contribution in [1.29, 1.82) is 0 Å². The molecule has 132 valence electrons. The summed E-state index contributed by atoms with van der Waals surface area (Å²) in [6.07, 6.45) is 0.229. The predicted molar refractivity (Wildman–Crippen MR) is 97.1 cm³/mol. The van der Waals surface area contributed by atoms with E-state index in [1.54, 1.807) is 50.6 Å². The van der Waals surface area contributed by atoms with Crippen LogP contribution in [0.25, 0.3) is 0 Å². The van der Waals surface area contributed by atoms with Crippen molar-refractivity contribution in [2.24, 2.45) is 0 Å². The summed E-state index contributed by atoms with van der Waals surface area (Å²) in [4.78, 5) is 37.9. The molecule has 2 rings (SSSR count). The lowest BCUT2D eigenvalue weighted by Gasteiger charge is -2.16. The van der Waals surface area contributed by atoms with Crippen LogP contribution in [0, 0.1) is 0 Å². The highest BCUT2D eigenvalue weighted by Gasteiger charge is 2.15. The van der Waals surface area contributed by atoms with E-state index in [-0.39, 0.29) is 37.0 Å². The highest BCUT2D eigenvalue weighted by atomic mass is 32.1. The summed E-state index contributed by atoms with van der Waals surface area (Å²) in [7, 11) is 3.11. The number of Topliss-reactive ketones (excluding diaryl/α,β-unsaturated/α-hetero) is 1. The van der Waals surface area contributed by atoms with Crippen LogP contribution >= 0.6 is 11.3 Å². The van der Waals surface area contributed by atoms with Crippen LogP contribution in [0.15, 0.2) is 41.8 Å². The van der Waals surface area contributed by atoms with Gasteiger partial charge in [0.05, 0.1) is 18.5 Å². The molecule has 1 aromatic heterocycles. The van der Waals surface area contributed by atoms with Gasteiger partial charge in [-0.15, -0.1) is 11.3 Å². The number of ether oxygens (including phenoxy) is 1. The minimum absolute atomic E-state index is 0.0561. The number of hydrogen-bond donors (Lipinski definition) is 1. The first-order valence-corrected chi connectivity index (χ1v) is 8.62. The molecule has 0 spiro atoms. The van der Waals surface area contributed by atoms with Gasteiger partial charge in [-0.3, -0.25) is 14.4 Å². The Morgan fingerprint density at radius 3 is 2.44 bits per heavy atom. The van der Waals surface area contributed by atoms with Gasteiger partial charge in [-0.2, -0.15) is 0 Å². The number of hydrogen-bond acceptors (Lipinski definition) is 5. The lowest BCUT2D eigenvalue weighted by Crippen LogP contribution is -2.35. The Hall–Kier alpha value is -2.67. The summed E-state index contributed by atoms with van der Waals surface area (Å²) < 4.78 is 5.05. The smallest absolute Gasteiger partial charge is 0.243 e. The molecule has 0 saturated carbocycles. The van der Waals surface area contributed by atoms with E-state index in [0.29, 0.717) is 16.3 Å². The molecule has 0 bridgehead atoms. The van der Waals surface area contributed by atoms with E-state index in [1.807, 2.05) is 5.38 Å². The fraction of sp³-hybridized carbons (Fsp3) is 0.278. The highest BCUT2D eigenvalue weighted by molar-refractivity contribution is 7.12. The van der Waals surface area contributed by atoms with Crippen molar-refractivity contribution in [3.05, 3.63) is 46.7 Å². The highest BCUT2D eigenvalue weighted by Crippen LogP contribution is 2.15. The van der Waals surface area contributed by atoms with Crippen LogP contribution < -0.4 is 10.1 Å². The van der Waals surface area contributed by atoms with Gasteiger partial charge in [0.15, 0.2) is 5.78 Å². The fourth-order valence-electron chi connectivity index (χ4n) is 2.15. The molecule has 0 radical (unpaired) electrons. The molecule has 0 unspecified atom stereocenters. The van der Waals surface area contributed by atoms with Crippen LogP contribution in [0.3, 0.4) is 0 Å². The van der Waals surface area contributed by atoms with E-state index in [1.165, 1.54) is 16.2 Å². The number of carbonyl (C=O) groups is 3. The summed E-state index contributed by atoms with van der Waals surface area (Å²) in [6.45, 7) is -0.0714. The van der Waals surface area contributed by atoms with Crippen LogP contribution in [0.5, 0.6) is 5.75 Å². The average molecular weight is 360 g/mol. The first-order valence-electron chi connectivity index (χ1n) is 7.74. The number of rotatable bonds is 8. The molecule has 2 aromatic rings. The van der Waals surface area contributed by atoms with Crippen molar-refractivity contribution in [3.8, 4) is 5.75 Å². The number of nitrogens with one attached hydrogen (secondary N) is 1. The van der Waals surface area contributed by atoms with E-state index >= 15 is 0 Å². The Kier molecular flexibility index (Phi) is 6.71. The van der Waals surface area contributed by atoms with Crippen molar-refractivity contribution in [2.45, 2.75) is 12.8 Å². The largest absolute Gasteiger partial charge is 0.497 e. The van der Waals surface area contributed by atoms with Gasteiger partial charge in [-0.05, 0) is 35.7 Å². The number of likely N-dealkylation sites (N-methyl/N-ethyl adjacent to an activating group) is 1. The van der Waals surface area contributed by atoms with Crippen LogP contribution in [-0.4, -0.2) is 43.2 Å². The zero-order valence-electron chi connectivity index (χ0n) is 14.2. The van der Waals surface area contributed by atoms with Crippen LogP contribution in [0.2, 0.25) is 0 Å². The third-order valence-electron chi connectivity index (χ3n) is 3.54. The SMILES string of the molecule is COc1ccc(NC(=O)CN(C)C(=O)CCC(=O)c2cccs2)cc1. The van der Waals surface area contributed by atoms with E-state index in [2.05, 4.69) is 5.32 Å². The Balaban J connectivity index is 1.77. The lowest BCUT2D eigenvalue weighted by atomic mass is 10.2. The van der Waals surface area contributed by atoms with Crippen molar-refractivity contribution in [2.75, 3.05) is 26.0 Å². The van der Waals surface area contributed by atoms with E-state index in [4.69, 9.17) is 4.74 Å². The normalized spacial score (nSPS) is 10.2. The number of benzene rings is 1. The molecule has 0 aliphatic carbocycles. The standard InChI is InChI=1S/C18H20N2O4S/c1-20(18(23)10-9-15(21)16-4-3-11-25-16)12-17(22)19-13-5-7-14(24-2)8-6-13/h3-8,11H,9-10,12H2,1-2H3,(H,19,22). The molecular weight excluding hydrogens is 340 g/mol. The molecule has 2 amide bonds. The maximum absolute atomic E-state index is 12.1. The van der Waals surface area contributed by atoms with E-state index < -0.39 is 0 Å². The molecule has 1 aromatic carbocycles. The summed E-state index contributed by atoms with van der Waals surface area (Å²) in [5.74, 6) is 0.0977. The van der Waals surface area contributed by atoms with Gasteiger partial charge in [0.1, 0.15) is 5.75 Å². The van der Waals surface area contributed by atoms with Crippen molar-refractivity contribution in [3.63, 3.8) is 0 Å². The van der Waals surface area contributed by atoms with Gasteiger partial charge in [0.2, 0.25) is 11.8 Å². The van der Waals surface area contributed by atoms with Crippen LogP contribution in [0.4, 0.5) is 5.69 Å². The van der Waals surface area contributed by atoms with E-state index in [9.17, 15) is 14.4 Å². The molecular formula is C18H20N2O4S. The second-order valence-corrected chi connectivity index (χ2v) is 6.37. The fourth-order valence-corrected chi connectivity index (χ4v) is 2.84. The van der Waals surface area contributed by atoms with Gasteiger partial charge in [-0.25, -0.2) is 0 Å². The Labute approximate surface area is 150 Å². The number of amides is 2. The third kappa shape index (κ3) is 5.72. The summed E-state index contributed by atoms with van der Waals surface area (Å²) >= 11 is 1.36. The molecule has 1 heterocycles. The first kappa shape index (κ1) is 18.7. The Bertz CT molecular complexity index is 726. The zero-order valence-corrected chi connectivity index (χ0v) is 15.0. The second-order valence-electron chi connectivity index (χ2n) is 5.43. The number of anilines is 1. The molecule has 0 saturated heterocycles. The van der Waals surface area contributed by atoms with Crippen molar-refractivity contribution in [1.82, 2.24) is 4.90 Å². The van der Waals surface area contributed by atoms with Crippen LogP contribution in [-0.2, 0) is 9.59 Å². The van der Waals surface area contributed by atoms with Gasteiger partial charge in [0.25, 0.3) is 0 Å². The number of thiophene rings is 1.